The summed E-state index contributed by atoms with van der Waals surface area (Å²) in [5, 5.41) is 3.30. The zero-order valence-electron chi connectivity index (χ0n) is 11.2. The molecule has 2 rings (SSSR count). The van der Waals surface area contributed by atoms with Crippen molar-refractivity contribution in [3.63, 3.8) is 0 Å². The van der Waals surface area contributed by atoms with Gasteiger partial charge in [-0.05, 0) is 18.1 Å². The van der Waals surface area contributed by atoms with E-state index >= 15 is 0 Å². The predicted molar refractivity (Wildman–Crippen MR) is 74.8 cm³/mol. The highest BCUT2D eigenvalue weighted by Crippen LogP contribution is 2.27. The number of rotatable bonds is 6. The van der Waals surface area contributed by atoms with Crippen LogP contribution in [0, 0.1) is 0 Å². The third kappa shape index (κ3) is 3.23. The highest BCUT2D eigenvalue weighted by Gasteiger charge is 2.13. The molecule has 0 fully saturated rings. The quantitative estimate of drug-likeness (QED) is 0.545. The van der Waals surface area contributed by atoms with Crippen LogP contribution in [0.15, 0.2) is 29.1 Å². The van der Waals surface area contributed by atoms with E-state index in [9.17, 15) is 0 Å². The van der Waals surface area contributed by atoms with E-state index in [4.69, 9.17) is 10.3 Å². The maximum atomic E-state index is 5.48. The number of nitrogen functional groups attached to an aromatic ring is 1. The molecule has 2 aromatic heterocycles. The van der Waals surface area contributed by atoms with E-state index in [1.54, 1.807) is 6.26 Å². The summed E-state index contributed by atoms with van der Waals surface area (Å²) in [4.78, 5) is 8.41. The standard InChI is InChI=1S/C13H19N5O/c1-9(2)11-12(16-8-17-13(11)18-14)15-6-5-10-4-3-7-19-10/h3-4,7-9H,5-6,14H2,1-2H3,(H2,15,16,17,18). The van der Waals surface area contributed by atoms with Gasteiger partial charge < -0.3 is 15.2 Å². The van der Waals surface area contributed by atoms with Crippen LogP contribution in [0.25, 0.3) is 0 Å². The number of hydrogen-bond acceptors (Lipinski definition) is 6. The lowest BCUT2D eigenvalue weighted by Crippen LogP contribution is -2.16. The molecule has 6 heteroatoms. The van der Waals surface area contributed by atoms with Gasteiger partial charge in [0.1, 0.15) is 23.7 Å². The number of aromatic nitrogens is 2. The summed E-state index contributed by atoms with van der Waals surface area (Å²) in [7, 11) is 0. The SMILES string of the molecule is CC(C)c1c(NN)ncnc1NCCc1ccco1. The molecule has 102 valence electrons. The lowest BCUT2D eigenvalue weighted by atomic mass is 10.0. The molecule has 2 heterocycles. The minimum Gasteiger partial charge on any atom is -0.469 e. The van der Waals surface area contributed by atoms with Gasteiger partial charge >= 0.3 is 0 Å². The normalized spacial score (nSPS) is 10.7. The predicted octanol–water partition coefficient (Wildman–Crippen LogP) is 2.13. The molecule has 2 aromatic rings. The molecule has 0 bridgehead atoms. The van der Waals surface area contributed by atoms with Crippen molar-refractivity contribution < 1.29 is 4.42 Å². The molecule has 6 nitrogen and oxygen atoms in total. The van der Waals surface area contributed by atoms with Gasteiger partial charge in [0.2, 0.25) is 0 Å². The average molecular weight is 261 g/mol. The van der Waals surface area contributed by atoms with E-state index in [1.165, 1.54) is 6.33 Å². The lowest BCUT2D eigenvalue weighted by Gasteiger charge is -2.16. The molecule has 0 radical (unpaired) electrons. The summed E-state index contributed by atoms with van der Waals surface area (Å²) >= 11 is 0. The van der Waals surface area contributed by atoms with Gasteiger partial charge in [0, 0.05) is 18.5 Å². The largest absolute Gasteiger partial charge is 0.469 e. The first-order chi connectivity index (χ1) is 9.22. The first-order valence-corrected chi connectivity index (χ1v) is 6.30. The maximum absolute atomic E-state index is 5.48. The van der Waals surface area contributed by atoms with Crippen LogP contribution in [0.2, 0.25) is 0 Å². The summed E-state index contributed by atoms with van der Waals surface area (Å²) in [5.74, 6) is 8.17. The topological polar surface area (TPSA) is 89.0 Å². The number of nitrogens with one attached hydrogen (secondary N) is 2. The Bertz CT molecular complexity index is 510. The second-order valence-corrected chi connectivity index (χ2v) is 4.54. The fourth-order valence-electron chi connectivity index (χ4n) is 1.96. The number of anilines is 2. The van der Waals surface area contributed by atoms with Crippen molar-refractivity contribution in [3.05, 3.63) is 36.0 Å². The Morgan fingerprint density at radius 1 is 1.32 bits per heavy atom. The summed E-state index contributed by atoms with van der Waals surface area (Å²) in [6.45, 7) is 4.91. The molecule has 19 heavy (non-hydrogen) atoms. The molecule has 0 spiro atoms. The first-order valence-electron chi connectivity index (χ1n) is 6.30. The van der Waals surface area contributed by atoms with E-state index < -0.39 is 0 Å². The van der Waals surface area contributed by atoms with Crippen molar-refractivity contribution in [2.24, 2.45) is 5.84 Å². The van der Waals surface area contributed by atoms with Crippen molar-refractivity contribution in [3.8, 4) is 0 Å². The van der Waals surface area contributed by atoms with E-state index in [-0.39, 0.29) is 5.92 Å². The Kier molecular flexibility index (Phi) is 4.35. The van der Waals surface area contributed by atoms with Crippen molar-refractivity contribution in [1.82, 2.24) is 9.97 Å². The summed E-state index contributed by atoms with van der Waals surface area (Å²) in [5.41, 5.74) is 3.60. The van der Waals surface area contributed by atoms with E-state index in [0.29, 0.717) is 5.82 Å². The van der Waals surface area contributed by atoms with Crippen LogP contribution in [0.4, 0.5) is 11.6 Å². The van der Waals surface area contributed by atoms with Crippen LogP contribution in [0.3, 0.4) is 0 Å². The third-order valence-corrected chi connectivity index (χ3v) is 2.84. The van der Waals surface area contributed by atoms with Gasteiger partial charge in [-0.2, -0.15) is 0 Å². The van der Waals surface area contributed by atoms with Gasteiger partial charge in [0.25, 0.3) is 0 Å². The number of nitrogens with zero attached hydrogens (tertiary/aromatic N) is 2. The zero-order valence-corrected chi connectivity index (χ0v) is 11.2. The maximum Gasteiger partial charge on any atom is 0.148 e. The molecule has 0 saturated carbocycles. The smallest absolute Gasteiger partial charge is 0.148 e. The molecule has 0 unspecified atom stereocenters. The van der Waals surface area contributed by atoms with Crippen LogP contribution in [-0.2, 0) is 6.42 Å². The molecule has 4 N–H and O–H groups in total. The summed E-state index contributed by atoms with van der Waals surface area (Å²) < 4.78 is 5.29. The summed E-state index contributed by atoms with van der Waals surface area (Å²) in [6, 6.07) is 3.84. The van der Waals surface area contributed by atoms with Crippen molar-refractivity contribution in [2.45, 2.75) is 26.2 Å². The van der Waals surface area contributed by atoms with Crippen LogP contribution in [0.5, 0.6) is 0 Å². The zero-order chi connectivity index (χ0) is 13.7. The number of hydrogen-bond donors (Lipinski definition) is 3. The highest BCUT2D eigenvalue weighted by atomic mass is 16.3. The fourth-order valence-corrected chi connectivity index (χ4v) is 1.96. The number of hydrazine groups is 1. The van der Waals surface area contributed by atoms with E-state index in [0.717, 1.165) is 30.1 Å². The average Bonchev–Trinajstić information content (AvgIpc) is 2.91. The Labute approximate surface area is 112 Å². The Balaban J connectivity index is 2.07. The minimum atomic E-state index is 0.276. The molecule has 0 aliphatic rings. The van der Waals surface area contributed by atoms with Crippen LogP contribution >= 0.6 is 0 Å². The Morgan fingerprint density at radius 2 is 2.11 bits per heavy atom. The Hall–Kier alpha value is -2.08. The summed E-state index contributed by atoms with van der Waals surface area (Å²) in [6.07, 6.45) is 3.98. The van der Waals surface area contributed by atoms with E-state index in [1.807, 2.05) is 12.1 Å². The van der Waals surface area contributed by atoms with Gasteiger partial charge in [0.15, 0.2) is 0 Å². The number of furan rings is 1. The van der Waals surface area contributed by atoms with Gasteiger partial charge in [0.05, 0.1) is 6.26 Å². The fraction of sp³-hybridized carbons (Fsp3) is 0.385. The minimum absolute atomic E-state index is 0.276. The van der Waals surface area contributed by atoms with Gasteiger partial charge in [-0.25, -0.2) is 15.8 Å². The van der Waals surface area contributed by atoms with Gasteiger partial charge in [-0.3, -0.25) is 0 Å². The van der Waals surface area contributed by atoms with Crippen LogP contribution in [0.1, 0.15) is 31.1 Å². The second-order valence-electron chi connectivity index (χ2n) is 4.54. The second kappa shape index (κ2) is 6.19. The molecule has 0 atom stereocenters. The van der Waals surface area contributed by atoms with Crippen molar-refractivity contribution in [1.29, 1.82) is 0 Å². The van der Waals surface area contributed by atoms with Gasteiger partial charge in [-0.1, -0.05) is 13.8 Å². The van der Waals surface area contributed by atoms with Crippen molar-refractivity contribution in [2.75, 3.05) is 17.3 Å². The Morgan fingerprint density at radius 3 is 2.74 bits per heavy atom. The molecule has 0 aliphatic carbocycles. The third-order valence-electron chi connectivity index (χ3n) is 2.84. The van der Waals surface area contributed by atoms with Crippen molar-refractivity contribution >= 4 is 11.6 Å². The van der Waals surface area contributed by atoms with Gasteiger partial charge in [-0.15, -0.1) is 0 Å². The molecular formula is C13H19N5O. The number of nitrogens with two attached hydrogens (primary N) is 1. The van der Waals surface area contributed by atoms with Crippen LogP contribution in [-0.4, -0.2) is 16.5 Å². The molecular weight excluding hydrogens is 242 g/mol. The molecule has 0 aromatic carbocycles. The first kappa shape index (κ1) is 13.4. The monoisotopic (exact) mass is 261 g/mol. The molecule has 0 aliphatic heterocycles. The van der Waals surface area contributed by atoms with Crippen LogP contribution < -0.4 is 16.6 Å². The lowest BCUT2D eigenvalue weighted by molar-refractivity contribution is 0.513. The molecule has 0 saturated heterocycles. The highest BCUT2D eigenvalue weighted by molar-refractivity contribution is 5.58. The molecule has 0 amide bonds. The van der Waals surface area contributed by atoms with E-state index in [2.05, 4.69) is 34.6 Å².